The Morgan fingerprint density at radius 1 is 0.231 bits per heavy atom. The Balaban J connectivity index is 1.29. The van der Waals surface area contributed by atoms with Crippen LogP contribution in [0, 0.1) is 0 Å². The van der Waals surface area contributed by atoms with Gasteiger partial charge in [-0.15, -0.1) is 0 Å². The minimum absolute atomic E-state index is 0.174. The molecule has 1 aliphatic rings. The monoisotopic (exact) mass is 832 g/mol. The van der Waals surface area contributed by atoms with Crippen LogP contribution in [-0.4, -0.2) is 6.71 Å². The maximum Gasteiger partial charge on any atom is 0.241 e. The Morgan fingerprint density at radius 2 is 0.523 bits per heavy atom. The number of rotatable bonds is 9. The number of nitrogens with zero attached hydrogens (tertiary/aromatic N) is 4. The smallest absolute Gasteiger partial charge is 0.241 e. The lowest BCUT2D eigenvalue weighted by atomic mass is 9.36. The highest BCUT2D eigenvalue weighted by Gasteiger charge is 2.31. The summed E-state index contributed by atoms with van der Waals surface area (Å²) < 4.78 is 0. The molecule has 0 fully saturated rings. The van der Waals surface area contributed by atoms with Gasteiger partial charge in [0.1, 0.15) is 0 Å². The van der Waals surface area contributed by atoms with Gasteiger partial charge >= 0.3 is 0 Å². The van der Waals surface area contributed by atoms with Gasteiger partial charge in [0.05, 0.1) is 11.4 Å². The first-order valence-corrected chi connectivity index (χ1v) is 22.2. The third-order valence-electron chi connectivity index (χ3n) is 12.1. The summed E-state index contributed by atoms with van der Waals surface area (Å²) in [6.07, 6.45) is 0. The van der Waals surface area contributed by atoms with E-state index in [1.807, 2.05) is 0 Å². The van der Waals surface area contributed by atoms with Crippen molar-refractivity contribution in [2.45, 2.75) is 0 Å². The lowest BCUT2D eigenvalue weighted by Crippen LogP contribution is -2.52. The fourth-order valence-electron chi connectivity index (χ4n) is 9.36. The van der Waals surface area contributed by atoms with Gasteiger partial charge in [0, 0.05) is 56.9 Å². The highest BCUT2D eigenvalue weighted by Crippen LogP contribution is 2.48. The summed E-state index contributed by atoms with van der Waals surface area (Å²) >= 11 is 0. The van der Waals surface area contributed by atoms with E-state index < -0.39 is 0 Å². The van der Waals surface area contributed by atoms with E-state index in [9.17, 15) is 0 Å². The molecule has 5 heteroatoms. The van der Waals surface area contributed by atoms with Crippen molar-refractivity contribution in [1.29, 1.82) is 0 Å². The molecule has 0 unspecified atom stereocenters. The largest absolute Gasteiger partial charge is 0.310 e. The maximum absolute atomic E-state index is 2.43. The average Bonchev–Trinajstić information content (AvgIpc) is 3.38. The summed E-state index contributed by atoms with van der Waals surface area (Å²) in [5.74, 6) is 0. The summed E-state index contributed by atoms with van der Waals surface area (Å²) in [6.45, 7) is -0.174. The van der Waals surface area contributed by atoms with Crippen molar-refractivity contribution in [3.8, 4) is 0 Å². The number of hydrogen-bond donors (Lipinski definition) is 0. The van der Waals surface area contributed by atoms with E-state index in [1.165, 1.54) is 16.4 Å². The molecule has 0 saturated heterocycles. The molecule has 0 N–H and O–H groups in total. The number of benzene rings is 10. The van der Waals surface area contributed by atoms with Crippen molar-refractivity contribution in [2.75, 3.05) is 19.6 Å². The molecule has 0 saturated carbocycles. The third-order valence-corrected chi connectivity index (χ3v) is 12.1. The third kappa shape index (κ3) is 7.81. The highest BCUT2D eigenvalue weighted by molar-refractivity contribution is 6.95. The highest BCUT2D eigenvalue weighted by atomic mass is 15.2. The molecular formula is C60H45BN4. The zero-order valence-electron chi connectivity index (χ0n) is 35.8. The topological polar surface area (TPSA) is 13.0 Å². The lowest BCUT2D eigenvalue weighted by Gasteiger charge is -2.34. The number of anilines is 12. The molecule has 308 valence electrons. The van der Waals surface area contributed by atoms with Crippen LogP contribution in [0.1, 0.15) is 0 Å². The van der Waals surface area contributed by atoms with Gasteiger partial charge < -0.3 is 19.6 Å². The summed E-state index contributed by atoms with van der Waals surface area (Å²) in [4.78, 5) is 9.63. The van der Waals surface area contributed by atoms with E-state index in [-0.39, 0.29) is 6.71 Å². The summed E-state index contributed by atoms with van der Waals surface area (Å²) in [6, 6.07) is 98.6. The fraction of sp³-hybridized carbons (Fsp3) is 0. The van der Waals surface area contributed by atoms with Gasteiger partial charge in [-0.05, 0) is 121 Å². The standard InChI is InChI=1S/C60H45BN4/c1-8-24-46(25-9-1)61-47-40-55(62(49-26-10-2-11-27-49)50-28-12-3-13-29-50)44-57(42-47)64(53-34-18-6-19-35-53)59-38-22-23-39-60(59)65(54-36-20-7-21-37-54)58-43-48(61)41-56(45-58)63(51-30-14-4-15-31-51)52-32-16-5-17-33-52/h1-45H. The molecule has 0 aliphatic carbocycles. The van der Waals surface area contributed by atoms with Crippen LogP contribution < -0.4 is 36.0 Å². The van der Waals surface area contributed by atoms with Crippen LogP contribution in [0.2, 0.25) is 0 Å². The summed E-state index contributed by atoms with van der Waals surface area (Å²) in [5, 5.41) is 0. The van der Waals surface area contributed by atoms with Crippen LogP contribution in [-0.2, 0) is 0 Å². The molecule has 1 aliphatic heterocycles. The molecule has 0 spiro atoms. The molecule has 65 heavy (non-hydrogen) atoms. The normalized spacial score (nSPS) is 11.9. The molecule has 10 aromatic carbocycles. The van der Waals surface area contributed by atoms with Gasteiger partial charge in [0.25, 0.3) is 0 Å². The molecule has 4 nitrogen and oxygen atoms in total. The Morgan fingerprint density at radius 3 is 0.862 bits per heavy atom. The van der Waals surface area contributed by atoms with Gasteiger partial charge in [-0.1, -0.05) is 168 Å². The molecule has 0 radical (unpaired) electrons. The van der Waals surface area contributed by atoms with Crippen LogP contribution in [0.15, 0.2) is 273 Å². The molecular weight excluding hydrogens is 787 g/mol. The lowest BCUT2D eigenvalue weighted by molar-refractivity contribution is 1.22. The van der Waals surface area contributed by atoms with Crippen molar-refractivity contribution >= 4 is 91.3 Å². The van der Waals surface area contributed by atoms with Crippen molar-refractivity contribution in [2.24, 2.45) is 0 Å². The van der Waals surface area contributed by atoms with E-state index in [1.54, 1.807) is 0 Å². The molecule has 0 amide bonds. The predicted molar refractivity (Wildman–Crippen MR) is 276 cm³/mol. The van der Waals surface area contributed by atoms with Crippen molar-refractivity contribution in [3.63, 3.8) is 0 Å². The van der Waals surface area contributed by atoms with E-state index in [0.717, 1.165) is 68.2 Å². The van der Waals surface area contributed by atoms with E-state index in [2.05, 4.69) is 293 Å². The van der Waals surface area contributed by atoms with E-state index in [0.29, 0.717) is 0 Å². The van der Waals surface area contributed by atoms with Gasteiger partial charge in [0.2, 0.25) is 6.71 Å². The first-order chi connectivity index (χ1) is 32.3. The Kier molecular flexibility index (Phi) is 10.7. The Labute approximate surface area is 382 Å². The van der Waals surface area contributed by atoms with Gasteiger partial charge in [-0.2, -0.15) is 0 Å². The van der Waals surface area contributed by atoms with Crippen LogP contribution in [0.3, 0.4) is 0 Å². The number of para-hydroxylation sites is 8. The SMILES string of the molecule is c1ccc(B2c3cc(N(c4ccccc4)c4ccccc4)cc(c3)N(c3ccccc3)c3ccccc3N(c3ccccc3)c3cc2cc(N(c2ccccc2)c2ccccc2)c3)cc1. The average molecular weight is 833 g/mol. The van der Waals surface area contributed by atoms with E-state index in [4.69, 9.17) is 0 Å². The molecule has 4 bridgehead atoms. The molecule has 10 aromatic rings. The minimum Gasteiger partial charge on any atom is -0.310 e. The first-order valence-electron chi connectivity index (χ1n) is 22.2. The Hall–Kier alpha value is -8.54. The van der Waals surface area contributed by atoms with Crippen LogP contribution in [0.5, 0.6) is 0 Å². The minimum atomic E-state index is -0.174. The van der Waals surface area contributed by atoms with E-state index >= 15 is 0 Å². The summed E-state index contributed by atoms with van der Waals surface area (Å²) in [5.41, 5.74) is 16.3. The van der Waals surface area contributed by atoms with Crippen molar-refractivity contribution in [1.82, 2.24) is 0 Å². The van der Waals surface area contributed by atoms with Gasteiger partial charge in [-0.25, -0.2) is 0 Å². The van der Waals surface area contributed by atoms with Crippen LogP contribution in [0.4, 0.5) is 68.2 Å². The second-order valence-corrected chi connectivity index (χ2v) is 16.3. The second kappa shape index (κ2) is 17.7. The quantitative estimate of drug-likeness (QED) is 0.134. The van der Waals surface area contributed by atoms with Crippen molar-refractivity contribution in [3.05, 3.63) is 273 Å². The zero-order valence-corrected chi connectivity index (χ0v) is 35.8. The predicted octanol–water partition coefficient (Wildman–Crippen LogP) is 14.4. The first kappa shape index (κ1) is 39.3. The fourth-order valence-corrected chi connectivity index (χ4v) is 9.36. The molecule has 1 heterocycles. The van der Waals surface area contributed by atoms with Crippen LogP contribution >= 0.6 is 0 Å². The van der Waals surface area contributed by atoms with Gasteiger partial charge in [0.15, 0.2) is 0 Å². The zero-order chi connectivity index (χ0) is 43.4. The second-order valence-electron chi connectivity index (χ2n) is 16.3. The summed E-state index contributed by atoms with van der Waals surface area (Å²) in [7, 11) is 0. The van der Waals surface area contributed by atoms with Crippen LogP contribution in [0.25, 0.3) is 0 Å². The van der Waals surface area contributed by atoms with Crippen molar-refractivity contribution < 1.29 is 0 Å². The molecule has 11 rings (SSSR count). The maximum atomic E-state index is 2.43. The number of fused-ring (bicyclic) bond motifs is 5. The molecule has 0 aromatic heterocycles. The Bertz CT molecular complexity index is 2880. The van der Waals surface area contributed by atoms with Gasteiger partial charge in [-0.3, -0.25) is 0 Å². The molecule has 0 atom stereocenters. The number of hydrogen-bond acceptors (Lipinski definition) is 4.